The zero-order valence-electron chi connectivity index (χ0n) is 15.7. The van der Waals surface area contributed by atoms with Gasteiger partial charge in [-0.3, -0.25) is 9.59 Å². The van der Waals surface area contributed by atoms with Crippen molar-refractivity contribution in [3.63, 3.8) is 0 Å². The zero-order chi connectivity index (χ0) is 19.4. The predicted molar refractivity (Wildman–Crippen MR) is 108 cm³/mol. The molecule has 0 atom stereocenters. The molecule has 0 aromatic heterocycles. The molecule has 1 saturated carbocycles. The van der Waals surface area contributed by atoms with Gasteiger partial charge in [0.05, 0.1) is 6.54 Å². The molecule has 27 heavy (non-hydrogen) atoms. The van der Waals surface area contributed by atoms with Gasteiger partial charge in [0.1, 0.15) is 0 Å². The van der Waals surface area contributed by atoms with Crippen LogP contribution in [0, 0.1) is 0 Å². The van der Waals surface area contributed by atoms with Crippen molar-refractivity contribution >= 4 is 23.4 Å². The van der Waals surface area contributed by atoms with Crippen LogP contribution < -0.4 is 5.32 Å². The van der Waals surface area contributed by atoms with Gasteiger partial charge in [0.2, 0.25) is 5.91 Å². The summed E-state index contributed by atoms with van der Waals surface area (Å²) in [6, 6.07) is 15.4. The summed E-state index contributed by atoms with van der Waals surface area (Å²) in [5, 5.41) is 3.21. The molecule has 0 heterocycles. The lowest BCUT2D eigenvalue weighted by atomic mass is 10.0. The molecule has 142 valence electrons. The Bertz CT molecular complexity index is 813. The van der Waals surface area contributed by atoms with Crippen LogP contribution in [-0.2, 0) is 11.3 Å². The van der Waals surface area contributed by atoms with Crippen molar-refractivity contribution in [3.8, 4) is 0 Å². The number of carbonyl (C=O) groups excluding carboxylic acids is 2. The van der Waals surface area contributed by atoms with E-state index in [9.17, 15) is 9.59 Å². The van der Waals surface area contributed by atoms with Crippen LogP contribution in [0.5, 0.6) is 0 Å². The Labute approximate surface area is 165 Å². The van der Waals surface area contributed by atoms with Gasteiger partial charge < -0.3 is 10.2 Å². The largest absolute Gasteiger partial charge is 0.343 e. The van der Waals surface area contributed by atoms with Crippen molar-refractivity contribution in [1.29, 1.82) is 0 Å². The topological polar surface area (TPSA) is 49.4 Å². The predicted octanol–water partition coefficient (Wildman–Crippen LogP) is 4.38. The normalized spacial score (nSPS) is 13.5. The van der Waals surface area contributed by atoms with Gasteiger partial charge in [-0.2, -0.15) is 0 Å². The minimum absolute atomic E-state index is 0.00801. The third-order valence-corrected chi connectivity index (χ3v) is 5.03. The van der Waals surface area contributed by atoms with E-state index in [0.717, 1.165) is 18.4 Å². The first-order valence-corrected chi connectivity index (χ1v) is 9.74. The molecule has 2 aromatic rings. The van der Waals surface area contributed by atoms with Gasteiger partial charge in [-0.05, 0) is 48.1 Å². The summed E-state index contributed by atoms with van der Waals surface area (Å²) < 4.78 is 0. The molecule has 1 fully saturated rings. The zero-order valence-corrected chi connectivity index (χ0v) is 16.5. The van der Waals surface area contributed by atoms with Crippen LogP contribution in [0.4, 0.5) is 0 Å². The Kier molecular flexibility index (Phi) is 6.17. The van der Waals surface area contributed by atoms with E-state index < -0.39 is 0 Å². The maximum Gasteiger partial charge on any atom is 0.251 e. The summed E-state index contributed by atoms with van der Waals surface area (Å²) in [6.45, 7) is 4.90. The third kappa shape index (κ3) is 5.33. The summed E-state index contributed by atoms with van der Waals surface area (Å²) in [7, 11) is 0. The summed E-state index contributed by atoms with van der Waals surface area (Å²) >= 11 is 5.92. The van der Waals surface area contributed by atoms with Gasteiger partial charge in [-0.1, -0.05) is 55.8 Å². The van der Waals surface area contributed by atoms with Crippen LogP contribution in [0.2, 0.25) is 5.02 Å². The van der Waals surface area contributed by atoms with Crippen LogP contribution in [0.25, 0.3) is 0 Å². The quantitative estimate of drug-likeness (QED) is 0.769. The first-order valence-electron chi connectivity index (χ1n) is 9.36. The van der Waals surface area contributed by atoms with Crippen LogP contribution in [-0.4, -0.2) is 29.3 Å². The second-order valence-corrected chi connectivity index (χ2v) is 7.78. The van der Waals surface area contributed by atoms with E-state index in [1.165, 1.54) is 5.56 Å². The highest BCUT2D eigenvalue weighted by Gasteiger charge is 2.32. The number of amides is 2. The van der Waals surface area contributed by atoms with Crippen molar-refractivity contribution in [3.05, 3.63) is 70.2 Å². The first kappa shape index (κ1) is 19.4. The smallest absolute Gasteiger partial charge is 0.251 e. The monoisotopic (exact) mass is 384 g/mol. The lowest BCUT2D eigenvalue weighted by Crippen LogP contribution is -2.41. The highest BCUT2D eigenvalue weighted by molar-refractivity contribution is 6.30. The lowest BCUT2D eigenvalue weighted by Gasteiger charge is -2.23. The van der Waals surface area contributed by atoms with Gasteiger partial charge in [-0.15, -0.1) is 0 Å². The van der Waals surface area contributed by atoms with Crippen LogP contribution in [0.15, 0.2) is 48.5 Å². The summed E-state index contributed by atoms with van der Waals surface area (Å²) in [5.41, 5.74) is 2.86. The number of nitrogens with zero attached hydrogens (tertiary/aromatic N) is 1. The molecule has 0 saturated heterocycles. The Balaban J connectivity index is 1.59. The third-order valence-electron chi connectivity index (χ3n) is 4.79. The molecule has 1 aliphatic carbocycles. The molecular weight excluding hydrogens is 360 g/mol. The van der Waals surface area contributed by atoms with Gasteiger partial charge >= 0.3 is 0 Å². The molecular formula is C22H25ClN2O2. The fraction of sp³-hybridized carbons (Fsp3) is 0.364. The molecule has 0 spiro atoms. The van der Waals surface area contributed by atoms with Crippen molar-refractivity contribution in [2.24, 2.45) is 0 Å². The van der Waals surface area contributed by atoms with E-state index in [-0.39, 0.29) is 24.4 Å². The first-order chi connectivity index (χ1) is 12.9. The summed E-state index contributed by atoms with van der Waals surface area (Å²) in [6.07, 6.45) is 2.05. The number of carbonyl (C=O) groups is 2. The number of nitrogens with one attached hydrogen (secondary N) is 1. The van der Waals surface area contributed by atoms with Crippen molar-refractivity contribution in [1.82, 2.24) is 10.2 Å². The Morgan fingerprint density at radius 2 is 1.85 bits per heavy atom. The Hall–Kier alpha value is -2.33. The number of benzene rings is 2. The van der Waals surface area contributed by atoms with E-state index in [0.29, 0.717) is 23.0 Å². The minimum Gasteiger partial charge on any atom is -0.343 e. The molecule has 5 heteroatoms. The van der Waals surface area contributed by atoms with E-state index in [2.05, 4.69) is 43.4 Å². The molecule has 1 aliphatic rings. The molecule has 3 rings (SSSR count). The Morgan fingerprint density at radius 3 is 2.44 bits per heavy atom. The summed E-state index contributed by atoms with van der Waals surface area (Å²) in [4.78, 5) is 26.8. The fourth-order valence-electron chi connectivity index (χ4n) is 3.00. The van der Waals surface area contributed by atoms with Crippen molar-refractivity contribution in [2.75, 3.05) is 6.54 Å². The van der Waals surface area contributed by atoms with Crippen molar-refractivity contribution < 1.29 is 9.59 Å². The van der Waals surface area contributed by atoms with Gasteiger partial charge in [0.15, 0.2) is 0 Å². The molecule has 0 aliphatic heterocycles. The van der Waals surface area contributed by atoms with Crippen LogP contribution in [0.3, 0.4) is 0 Å². The SMILES string of the molecule is CC(C)c1ccc(CN(C(=O)CNC(=O)c2cccc(Cl)c2)C2CC2)cc1. The minimum atomic E-state index is -0.289. The van der Waals surface area contributed by atoms with Crippen LogP contribution in [0.1, 0.15) is 54.1 Å². The number of halogens is 1. The maximum absolute atomic E-state index is 12.7. The van der Waals surface area contributed by atoms with Crippen LogP contribution >= 0.6 is 11.6 Å². The molecule has 2 amide bonds. The summed E-state index contributed by atoms with van der Waals surface area (Å²) in [5.74, 6) is 0.144. The molecule has 0 bridgehead atoms. The fourth-order valence-corrected chi connectivity index (χ4v) is 3.19. The molecule has 4 nitrogen and oxygen atoms in total. The average molecular weight is 385 g/mol. The lowest BCUT2D eigenvalue weighted by molar-refractivity contribution is -0.131. The van der Waals surface area contributed by atoms with E-state index >= 15 is 0 Å². The standard InChI is InChI=1S/C22H25ClN2O2/c1-15(2)17-8-6-16(7-9-17)14-25(20-10-11-20)21(26)13-24-22(27)18-4-3-5-19(23)12-18/h3-9,12,15,20H,10-11,13-14H2,1-2H3,(H,24,27). The molecule has 2 aromatic carbocycles. The maximum atomic E-state index is 12.7. The number of rotatable bonds is 7. The van der Waals surface area contributed by atoms with Gasteiger partial charge in [0, 0.05) is 23.2 Å². The van der Waals surface area contributed by atoms with Gasteiger partial charge in [0.25, 0.3) is 5.91 Å². The molecule has 1 N–H and O–H groups in total. The second-order valence-electron chi connectivity index (χ2n) is 7.34. The average Bonchev–Trinajstić information content (AvgIpc) is 3.49. The van der Waals surface area contributed by atoms with Crippen molar-refractivity contribution in [2.45, 2.75) is 45.2 Å². The van der Waals surface area contributed by atoms with Gasteiger partial charge in [-0.25, -0.2) is 0 Å². The molecule has 0 radical (unpaired) electrons. The Morgan fingerprint density at radius 1 is 1.15 bits per heavy atom. The molecule has 0 unspecified atom stereocenters. The number of hydrogen-bond donors (Lipinski definition) is 1. The van der Waals surface area contributed by atoms with E-state index in [1.54, 1.807) is 24.3 Å². The number of hydrogen-bond acceptors (Lipinski definition) is 2. The van der Waals surface area contributed by atoms with E-state index in [4.69, 9.17) is 11.6 Å². The second kappa shape index (κ2) is 8.57. The highest BCUT2D eigenvalue weighted by atomic mass is 35.5. The highest BCUT2D eigenvalue weighted by Crippen LogP contribution is 2.28. The van der Waals surface area contributed by atoms with E-state index in [1.807, 2.05) is 4.90 Å².